The third kappa shape index (κ3) is 4.31. The molecule has 1 rings (SSSR count). The van der Waals surface area contributed by atoms with E-state index >= 15 is 0 Å². The first-order valence-corrected chi connectivity index (χ1v) is 5.01. The molecule has 0 saturated heterocycles. The smallest absolute Gasteiger partial charge is 0.315 e. The third-order valence-electron chi connectivity index (χ3n) is 1.88. The van der Waals surface area contributed by atoms with Gasteiger partial charge in [0.25, 0.3) is 0 Å². The number of amides is 2. The monoisotopic (exact) mass is 204 g/mol. The minimum atomic E-state index is -0.219. The van der Waals surface area contributed by atoms with E-state index < -0.39 is 0 Å². The fourth-order valence-corrected chi connectivity index (χ4v) is 1.06. The lowest BCUT2D eigenvalue weighted by Crippen LogP contribution is -2.23. The van der Waals surface area contributed by atoms with Crippen molar-refractivity contribution >= 4 is 11.7 Å². The van der Waals surface area contributed by atoms with Crippen LogP contribution in [0.3, 0.4) is 0 Å². The molecule has 2 N–H and O–H groups in total. The van der Waals surface area contributed by atoms with Crippen molar-refractivity contribution in [3.05, 3.63) is 42.1 Å². The quantitative estimate of drug-likeness (QED) is 0.780. The van der Waals surface area contributed by atoms with E-state index in [-0.39, 0.29) is 6.03 Å². The lowest BCUT2D eigenvalue weighted by molar-refractivity contribution is 0.255. The Kier molecular flexibility index (Phi) is 4.41. The summed E-state index contributed by atoms with van der Waals surface area (Å²) in [4.78, 5) is 11.3. The maximum Gasteiger partial charge on any atom is 0.323 e. The van der Waals surface area contributed by atoms with Gasteiger partial charge in [0.2, 0.25) is 0 Å². The number of allylic oxidation sites excluding steroid dienone is 1. The second-order valence-electron chi connectivity index (χ2n) is 3.28. The van der Waals surface area contributed by atoms with E-state index in [0.29, 0.717) is 0 Å². The first-order valence-electron chi connectivity index (χ1n) is 5.01. The number of hydrogen-bond donors (Lipinski definition) is 2. The topological polar surface area (TPSA) is 41.1 Å². The van der Waals surface area contributed by atoms with Crippen LogP contribution in [0.25, 0.3) is 0 Å². The van der Waals surface area contributed by atoms with Crippen LogP contribution in [0.4, 0.5) is 10.5 Å². The predicted molar refractivity (Wildman–Crippen MR) is 62.8 cm³/mol. The molecule has 0 aliphatic carbocycles. The molecule has 3 heteroatoms. The molecule has 15 heavy (non-hydrogen) atoms. The van der Waals surface area contributed by atoms with Gasteiger partial charge in [0, 0.05) is 11.9 Å². The molecule has 1 aromatic rings. The first kappa shape index (κ1) is 11.3. The summed E-state index contributed by atoms with van der Waals surface area (Å²) in [6.45, 7) is 4.02. The molecule has 0 spiro atoms. The van der Waals surface area contributed by atoms with Crippen molar-refractivity contribution in [3.63, 3.8) is 0 Å². The minimum Gasteiger partial charge on any atom is -0.315 e. The van der Waals surface area contributed by atoms with Crippen LogP contribution in [-0.4, -0.2) is 6.03 Å². The summed E-state index contributed by atoms with van der Waals surface area (Å²) in [5, 5.41) is 5.34. The molecule has 0 aromatic heterocycles. The standard InChI is InChI=1S/C12H16N2O/c1-3-4-9-13-12(15)14-11-7-5-10(2)6-8-11/h4-9H,3H2,1-2H3,(H2,13,14,15)/b9-4+. The van der Waals surface area contributed by atoms with Crippen molar-refractivity contribution in [1.82, 2.24) is 5.32 Å². The lowest BCUT2D eigenvalue weighted by atomic mass is 10.2. The average Bonchev–Trinajstić information content (AvgIpc) is 2.22. The summed E-state index contributed by atoms with van der Waals surface area (Å²) in [7, 11) is 0. The van der Waals surface area contributed by atoms with E-state index in [1.165, 1.54) is 5.56 Å². The molecule has 0 bridgehead atoms. The van der Waals surface area contributed by atoms with E-state index in [1.54, 1.807) is 6.20 Å². The zero-order valence-electron chi connectivity index (χ0n) is 9.08. The van der Waals surface area contributed by atoms with E-state index in [0.717, 1.165) is 12.1 Å². The van der Waals surface area contributed by atoms with Crippen LogP contribution in [0.15, 0.2) is 36.5 Å². The summed E-state index contributed by atoms with van der Waals surface area (Å²) in [6, 6.07) is 7.44. The molecular weight excluding hydrogens is 188 g/mol. The van der Waals surface area contributed by atoms with E-state index in [2.05, 4.69) is 10.6 Å². The Hall–Kier alpha value is -1.77. The molecule has 0 heterocycles. The summed E-state index contributed by atoms with van der Waals surface area (Å²) in [5.74, 6) is 0. The molecule has 0 aliphatic rings. The van der Waals surface area contributed by atoms with Crippen LogP contribution in [0.1, 0.15) is 18.9 Å². The van der Waals surface area contributed by atoms with Gasteiger partial charge in [-0.25, -0.2) is 4.79 Å². The Morgan fingerprint density at radius 2 is 2.00 bits per heavy atom. The fraction of sp³-hybridized carbons (Fsp3) is 0.250. The number of aryl methyl sites for hydroxylation is 1. The largest absolute Gasteiger partial charge is 0.323 e. The van der Waals surface area contributed by atoms with Crippen LogP contribution in [-0.2, 0) is 0 Å². The van der Waals surface area contributed by atoms with Gasteiger partial charge in [-0.15, -0.1) is 0 Å². The molecule has 3 nitrogen and oxygen atoms in total. The average molecular weight is 204 g/mol. The summed E-state index contributed by atoms with van der Waals surface area (Å²) >= 11 is 0. The van der Waals surface area contributed by atoms with Gasteiger partial charge in [-0.1, -0.05) is 30.7 Å². The van der Waals surface area contributed by atoms with Gasteiger partial charge in [-0.05, 0) is 25.5 Å². The molecule has 1 aromatic carbocycles. The summed E-state index contributed by atoms with van der Waals surface area (Å²) < 4.78 is 0. The number of urea groups is 1. The summed E-state index contributed by atoms with van der Waals surface area (Å²) in [6.07, 6.45) is 4.43. The van der Waals surface area contributed by atoms with Crippen LogP contribution >= 0.6 is 0 Å². The van der Waals surface area contributed by atoms with Crippen molar-refractivity contribution in [3.8, 4) is 0 Å². The minimum absolute atomic E-state index is 0.219. The van der Waals surface area contributed by atoms with E-state index in [4.69, 9.17) is 0 Å². The van der Waals surface area contributed by atoms with Crippen LogP contribution in [0, 0.1) is 6.92 Å². The second-order valence-corrected chi connectivity index (χ2v) is 3.28. The lowest BCUT2D eigenvalue weighted by Gasteiger charge is -2.04. The normalized spacial score (nSPS) is 10.3. The Labute approximate surface area is 90.2 Å². The number of carbonyl (C=O) groups is 1. The van der Waals surface area contributed by atoms with Gasteiger partial charge in [-0.2, -0.15) is 0 Å². The Morgan fingerprint density at radius 1 is 1.33 bits per heavy atom. The number of carbonyl (C=O) groups excluding carboxylic acids is 1. The van der Waals surface area contributed by atoms with Gasteiger partial charge < -0.3 is 10.6 Å². The zero-order chi connectivity index (χ0) is 11.1. The zero-order valence-corrected chi connectivity index (χ0v) is 9.08. The Morgan fingerprint density at radius 3 is 2.60 bits per heavy atom. The highest BCUT2D eigenvalue weighted by Gasteiger charge is 1.97. The van der Waals surface area contributed by atoms with Crippen LogP contribution in [0.2, 0.25) is 0 Å². The van der Waals surface area contributed by atoms with Crippen molar-refractivity contribution < 1.29 is 4.79 Å². The fourth-order valence-electron chi connectivity index (χ4n) is 1.06. The molecule has 0 fully saturated rings. The number of hydrogen-bond acceptors (Lipinski definition) is 1. The van der Waals surface area contributed by atoms with Crippen molar-refractivity contribution in [2.24, 2.45) is 0 Å². The Bertz CT molecular complexity index is 341. The van der Waals surface area contributed by atoms with Gasteiger partial charge in [0.1, 0.15) is 0 Å². The van der Waals surface area contributed by atoms with Gasteiger partial charge >= 0.3 is 6.03 Å². The third-order valence-corrected chi connectivity index (χ3v) is 1.88. The van der Waals surface area contributed by atoms with E-state index in [1.807, 2.05) is 44.2 Å². The summed E-state index contributed by atoms with van der Waals surface area (Å²) in [5.41, 5.74) is 1.97. The van der Waals surface area contributed by atoms with Crippen LogP contribution in [0.5, 0.6) is 0 Å². The molecule has 0 unspecified atom stereocenters. The molecule has 0 aliphatic heterocycles. The highest BCUT2D eigenvalue weighted by atomic mass is 16.2. The van der Waals surface area contributed by atoms with Crippen LogP contribution < -0.4 is 10.6 Å². The predicted octanol–water partition coefficient (Wildman–Crippen LogP) is 3.04. The van der Waals surface area contributed by atoms with Crippen molar-refractivity contribution in [2.75, 3.05) is 5.32 Å². The molecule has 2 amide bonds. The molecule has 0 atom stereocenters. The first-order chi connectivity index (χ1) is 7.22. The van der Waals surface area contributed by atoms with Gasteiger partial charge in [0.15, 0.2) is 0 Å². The van der Waals surface area contributed by atoms with Gasteiger partial charge in [-0.3, -0.25) is 0 Å². The SMILES string of the molecule is CC/C=C/NC(=O)Nc1ccc(C)cc1. The highest BCUT2D eigenvalue weighted by Crippen LogP contribution is 2.07. The molecule has 80 valence electrons. The van der Waals surface area contributed by atoms with E-state index in [9.17, 15) is 4.79 Å². The number of nitrogens with one attached hydrogen (secondary N) is 2. The molecular formula is C12H16N2O. The molecule has 0 saturated carbocycles. The number of benzene rings is 1. The highest BCUT2D eigenvalue weighted by molar-refractivity contribution is 5.89. The maximum absolute atomic E-state index is 11.3. The van der Waals surface area contributed by atoms with Gasteiger partial charge in [0.05, 0.1) is 0 Å². The van der Waals surface area contributed by atoms with Crippen molar-refractivity contribution in [2.45, 2.75) is 20.3 Å². The number of rotatable bonds is 3. The van der Waals surface area contributed by atoms with Crippen molar-refractivity contribution in [1.29, 1.82) is 0 Å². The Balaban J connectivity index is 2.44. The molecule has 0 radical (unpaired) electrons. The second kappa shape index (κ2) is 5.86. The number of anilines is 1. The maximum atomic E-state index is 11.3.